The zero-order valence-corrected chi connectivity index (χ0v) is 19.4. The summed E-state index contributed by atoms with van der Waals surface area (Å²) in [6.07, 6.45) is 1.80. The summed E-state index contributed by atoms with van der Waals surface area (Å²) in [4.78, 5) is 13.1. The van der Waals surface area contributed by atoms with Gasteiger partial charge in [0.1, 0.15) is 13.2 Å². The number of amides is 1. The molecule has 0 unspecified atom stereocenters. The maximum atomic E-state index is 13.1. The van der Waals surface area contributed by atoms with Gasteiger partial charge in [0.15, 0.2) is 11.5 Å². The Bertz CT molecular complexity index is 1060. The van der Waals surface area contributed by atoms with Gasteiger partial charge < -0.3 is 14.8 Å². The highest BCUT2D eigenvalue weighted by Gasteiger charge is 2.33. The number of rotatable bonds is 6. The summed E-state index contributed by atoms with van der Waals surface area (Å²) in [7, 11) is -3.65. The van der Waals surface area contributed by atoms with E-state index < -0.39 is 10.0 Å². The number of carbonyl (C=O) groups excluding carboxylic acids is 1. The van der Waals surface area contributed by atoms with Gasteiger partial charge in [-0.15, -0.1) is 0 Å². The van der Waals surface area contributed by atoms with Crippen LogP contribution in [-0.4, -0.2) is 44.9 Å². The second-order valence-corrected chi connectivity index (χ2v) is 10.3. The molecule has 1 fully saturated rings. The number of carbonyl (C=O) groups is 1. The van der Waals surface area contributed by atoms with Crippen LogP contribution < -0.4 is 14.8 Å². The molecule has 0 bridgehead atoms. The van der Waals surface area contributed by atoms with Crippen LogP contribution in [0.15, 0.2) is 47.4 Å². The zero-order valence-electron chi connectivity index (χ0n) is 18.5. The molecular formula is C24H30N2O5S. The van der Waals surface area contributed by atoms with Crippen molar-refractivity contribution in [1.82, 2.24) is 9.62 Å². The van der Waals surface area contributed by atoms with Gasteiger partial charge in [-0.25, -0.2) is 8.42 Å². The van der Waals surface area contributed by atoms with E-state index >= 15 is 0 Å². The smallest absolute Gasteiger partial charge is 0.243 e. The average Bonchev–Trinajstić information content (AvgIpc) is 2.82. The lowest BCUT2D eigenvalue weighted by atomic mass is 9.95. The molecule has 1 saturated heterocycles. The third-order valence-corrected chi connectivity index (χ3v) is 8.08. The summed E-state index contributed by atoms with van der Waals surface area (Å²) < 4.78 is 38.7. The molecule has 4 rings (SSSR count). The number of sulfonamides is 1. The normalized spacial score (nSPS) is 18.2. The molecule has 1 atom stereocenters. The summed E-state index contributed by atoms with van der Waals surface area (Å²) in [5.74, 6) is 0.813. The lowest BCUT2D eigenvalue weighted by molar-refractivity contribution is -0.126. The largest absolute Gasteiger partial charge is 0.486 e. The third-order valence-electron chi connectivity index (χ3n) is 6.18. The molecule has 2 aromatic carbocycles. The molecule has 32 heavy (non-hydrogen) atoms. The molecule has 1 N–H and O–H groups in total. The van der Waals surface area contributed by atoms with E-state index in [0.717, 1.165) is 12.0 Å². The van der Waals surface area contributed by atoms with Gasteiger partial charge in [0.2, 0.25) is 15.9 Å². The van der Waals surface area contributed by atoms with Crippen molar-refractivity contribution in [2.45, 2.75) is 44.0 Å². The number of nitrogens with one attached hydrogen (secondary N) is 1. The molecule has 172 valence electrons. The van der Waals surface area contributed by atoms with Gasteiger partial charge in [0.05, 0.1) is 10.9 Å². The van der Waals surface area contributed by atoms with Crippen molar-refractivity contribution >= 4 is 15.9 Å². The minimum atomic E-state index is -3.65. The second kappa shape index (κ2) is 9.50. The number of hydrogen-bond donors (Lipinski definition) is 1. The first-order valence-electron chi connectivity index (χ1n) is 11.1. The molecule has 7 nitrogen and oxygen atoms in total. The molecular weight excluding hydrogens is 428 g/mol. The summed E-state index contributed by atoms with van der Waals surface area (Å²) in [6, 6.07) is 12.9. The highest BCUT2D eigenvalue weighted by atomic mass is 32.2. The van der Waals surface area contributed by atoms with Crippen molar-refractivity contribution in [2.24, 2.45) is 5.92 Å². The Labute approximate surface area is 189 Å². The summed E-state index contributed by atoms with van der Waals surface area (Å²) in [5.41, 5.74) is 2.27. The zero-order chi connectivity index (χ0) is 22.7. The molecule has 0 aromatic heterocycles. The fourth-order valence-corrected chi connectivity index (χ4v) is 5.69. The number of ether oxygens (including phenoxy) is 2. The first kappa shape index (κ1) is 22.6. The van der Waals surface area contributed by atoms with Crippen molar-refractivity contribution in [3.8, 4) is 11.5 Å². The Morgan fingerprint density at radius 1 is 1.06 bits per heavy atom. The van der Waals surface area contributed by atoms with Gasteiger partial charge in [-0.3, -0.25) is 4.79 Å². The van der Waals surface area contributed by atoms with Crippen molar-refractivity contribution < 1.29 is 22.7 Å². The van der Waals surface area contributed by atoms with Gasteiger partial charge in [-0.05, 0) is 43.9 Å². The summed E-state index contributed by atoms with van der Waals surface area (Å²) >= 11 is 0. The molecule has 2 aromatic rings. The van der Waals surface area contributed by atoms with Crippen molar-refractivity contribution in [2.75, 3.05) is 26.3 Å². The molecule has 0 saturated carbocycles. The highest BCUT2D eigenvalue weighted by Crippen LogP contribution is 2.34. The van der Waals surface area contributed by atoms with E-state index in [-0.39, 0.29) is 22.8 Å². The predicted octanol–water partition coefficient (Wildman–Crippen LogP) is 3.43. The van der Waals surface area contributed by atoms with Crippen LogP contribution in [0.3, 0.4) is 0 Å². The van der Waals surface area contributed by atoms with Gasteiger partial charge in [-0.2, -0.15) is 4.31 Å². The first-order chi connectivity index (χ1) is 15.4. The van der Waals surface area contributed by atoms with Crippen LogP contribution >= 0.6 is 0 Å². The predicted molar refractivity (Wildman–Crippen MR) is 121 cm³/mol. The van der Waals surface area contributed by atoms with Crippen molar-refractivity contribution in [1.29, 1.82) is 0 Å². The van der Waals surface area contributed by atoms with E-state index in [1.807, 2.05) is 38.1 Å². The van der Waals surface area contributed by atoms with Crippen LogP contribution in [0.1, 0.15) is 43.4 Å². The van der Waals surface area contributed by atoms with Crippen LogP contribution in [0.2, 0.25) is 0 Å². The molecule has 2 aliphatic heterocycles. The number of aryl methyl sites for hydroxylation is 1. The minimum Gasteiger partial charge on any atom is -0.486 e. The standard InChI is InChI=1S/C24H30N2O5S/c1-3-21(18-6-4-17(2)5-7-18)25-24(27)19-10-12-26(13-11-19)32(28,29)20-8-9-22-23(16-20)31-15-14-30-22/h4-9,16,19,21H,3,10-15H2,1-2H3,(H,25,27)/t21-/m1/s1. The third kappa shape index (κ3) is 4.76. The number of fused-ring (bicyclic) bond motifs is 1. The summed E-state index contributed by atoms with van der Waals surface area (Å²) in [6.45, 7) is 5.58. The van der Waals surface area contributed by atoms with E-state index in [1.54, 1.807) is 12.1 Å². The fourth-order valence-electron chi connectivity index (χ4n) is 4.20. The van der Waals surface area contributed by atoms with Gasteiger partial charge >= 0.3 is 0 Å². The van der Waals surface area contributed by atoms with E-state index in [9.17, 15) is 13.2 Å². The number of piperidine rings is 1. The Kier molecular flexibility index (Phi) is 6.71. The van der Waals surface area contributed by atoms with Crippen LogP contribution in [0, 0.1) is 12.8 Å². The molecule has 1 amide bonds. The van der Waals surface area contributed by atoms with E-state index in [4.69, 9.17) is 9.47 Å². The van der Waals surface area contributed by atoms with E-state index in [0.29, 0.717) is 50.6 Å². The fraction of sp³-hybridized carbons (Fsp3) is 0.458. The monoisotopic (exact) mass is 458 g/mol. The van der Waals surface area contributed by atoms with Gasteiger partial charge in [0, 0.05) is 25.1 Å². The Morgan fingerprint density at radius 2 is 1.72 bits per heavy atom. The highest BCUT2D eigenvalue weighted by molar-refractivity contribution is 7.89. The average molecular weight is 459 g/mol. The van der Waals surface area contributed by atoms with Crippen molar-refractivity contribution in [3.63, 3.8) is 0 Å². The first-order valence-corrected chi connectivity index (χ1v) is 12.6. The molecule has 0 spiro atoms. The van der Waals surface area contributed by atoms with E-state index in [2.05, 4.69) is 5.32 Å². The number of nitrogens with zero attached hydrogens (tertiary/aromatic N) is 1. The second-order valence-electron chi connectivity index (χ2n) is 8.36. The molecule has 8 heteroatoms. The number of hydrogen-bond acceptors (Lipinski definition) is 5. The van der Waals surface area contributed by atoms with Gasteiger partial charge in [0.25, 0.3) is 0 Å². The van der Waals surface area contributed by atoms with Crippen LogP contribution in [0.4, 0.5) is 0 Å². The van der Waals surface area contributed by atoms with Crippen LogP contribution in [0.5, 0.6) is 11.5 Å². The molecule has 2 aliphatic rings. The molecule has 0 radical (unpaired) electrons. The molecule has 0 aliphatic carbocycles. The van der Waals surface area contributed by atoms with Crippen molar-refractivity contribution in [3.05, 3.63) is 53.6 Å². The quantitative estimate of drug-likeness (QED) is 0.717. The SMILES string of the molecule is CC[C@@H](NC(=O)C1CCN(S(=O)(=O)c2ccc3c(c2)OCCO3)CC1)c1ccc(C)cc1. The molecule has 2 heterocycles. The topological polar surface area (TPSA) is 84.9 Å². The van der Waals surface area contributed by atoms with Crippen LogP contribution in [-0.2, 0) is 14.8 Å². The Hall–Kier alpha value is -2.58. The van der Waals surface area contributed by atoms with Crippen LogP contribution in [0.25, 0.3) is 0 Å². The van der Waals surface area contributed by atoms with Gasteiger partial charge in [-0.1, -0.05) is 36.8 Å². The maximum Gasteiger partial charge on any atom is 0.243 e. The summed E-state index contributed by atoms with van der Waals surface area (Å²) in [5, 5.41) is 3.15. The minimum absolute atomic E-state index is 0.00574. The number of benzene rings is 2. The lowest BCUT2D eigenvalue weighted by Crippen LogP contribution is -2.43. The maximum absolute atomic E-state index is 13.1. The Balaban J connectivity index is 1.37. The van der Waals surface area contributed by atoms with E-state index in [1.165, 1.54) is 15.9 Å². The Morgan fingerprint density at radius 3 is 2.38 bits per heavy atom. The lowest BCUT2D eigenvalue weighted by Gasteiger charge is -2.31.